The average Bonchev–Trinajstić information content (AvgIpc) is 1.77. The van der Waals surface area contributed by atoms with Crippen LogP contribution in [0.4, 0.5) is 19.4 Å². The number of ether oxygens (including phenoxy) is 5. The second-order valence-electron chi connectivity index (χ2n) is 29.0. The zero-order valence-corrected chi connectivity index (χ0v) is 60.6. The van der Waals surface area contributed by atoms with E-state index in [2.05, 4.69) is 110 Å². The number of amides is 3. The molecule has 0 aliphatic carbocycles. The number of hydrogen-bond donors (Lipinski definition) is 3. The van der Waals surface area contributed by atoms with Crippen LogP contribution < -0.4 is 35.1 Å². The van der Waals surface area contributed by atoms with Crippen LogP contribution in [0.3, 0.4) is 0 Å². The molecular formula is C72H99F2N9O11Si2. The molecule has 1 unspecified atom stereocenters. The number of fused-ring (bicyclic) bond motifs is 4. The van der Waals surface area contributed by atoms with Crippen LogP contribution in [-0.4, -0.2) is 158 Å². The Labute approximate surface area is 565 Å². The summed E-state index contributed by atoms with van der Waals surface area (Å²) >= 11 is 0. The van der Waals surface area contributed by atoms with E-state index in [1.807, 2.05) is 17.0 Å². The molecule has 6 aromatic rings. The molecule has 20 nitrogen and oxygen atoms in total. The number of halogens is 2. The lowest BCUT2D eigenvalue weighted by Gasteiger charge is -2.42. The highest BCUT2D eigenvalue weighted by atomic mass is 28.4. The van der Waals surface area contributed by atoms with E-state index in [1.165, 1.54) is 15.2 Å². The highest BCUT2D eigenvalue weighted by Crippen LogP contribution is 2.48. The molecule has 3 aromatic heterocycles. The molecule has 4 aliphatic rings. The topological polar surface area (TPSA) is 223 Å². The van der Waals surface area contributed by atoms with Gasteiger partial charge in [0, 0.05) is 62.4 Å². The number of imidazole rings is 1. The number of alkyl carbamates (subject to hydrolysis) is 1. The summed E-state index contributed by atoms with van der Waals surface area (Å²) < 4.78 is 75.4. The normalized spacial score (nSPS) is 20.4. The summed E-state index contributed by atoms with van der Waals surface area (Å²) in [5.74, 6) is 2.83. The average molecular weight is 1360 g/mol. The quantitative estimate of drug-likeness (QED) is 0.0199. The first kappa shape index (κ1) is 71.7. The van der Waals surface area contributed by atoms with Crippen LogP contribution in [0.2, 0.25) is 33.2 Å². The number of anilines is 1. The molecule has 0 bridgehead atoms. The van der Waals surface area contributed by atoms with Crippen molar-refractivity contribution in [2.45, 2.75) is 198 Å². The largest absolute Gasteiger partial charge is 0.543 e. The number of β-amino-alcohol motifs (C(OH)–C–C–N with tert-alkyl or cyclic N) is 1. The first-order valence-electron chi connectivity index (χ1n) is 34.6. The fraction of sp³-hybridized carbons (Fsp3) is 0.597. The standard InChI is InChI=1S/C72H99F2N9O11Si2/c1-44(2)95(45(3)4,46(5)6)36-24-54-57(73)19-17-50-37-53(94-96(47(7)8,48(9)10)49(11)12)38-55(62(50)54)64-63(74)65-56(40-76-64)66(81-29-15-25-71(13,88)42-81)79-68(78-65)93-43-72-26-16-30-82(72)51(23-27-72)41-92-69(86)75-28-31-89-32-33-90-34-35-91-52-18-20-58-60(39-52)80(14)70(87)83(58)59-21-22-61(84)77-67(59)85/h17-20,37-40,44-49,51,59,88H,15-16,21-23,25-35,41-43H2,1-14H3,(H,75,86)(H,77,84,85)/t51-,59?,71+,72-/m0/s1. The Morgan fingerprint density at radius 2 is 1.50 bits per heavy atom. The van der Waals surface area contributed by atoms with Crippen molar-refractivity contribution >= 4 is 72.8 Å². The van der Waals surface area contributed by atoms with Crippen molar-refractivity contribution in [1.29, 1.82) is 0 Å². The van der Waals surface area contributed by atoms with Crippen molar-refractivity contribution in [1.82, 2.24) is 39.6 Å². The maximum Gasteiger partial charge on any atom is 0.407 e. The summed E-state index contributed by atoms with van der Waals surface area (Å²) in [5, 5.41) is 18.0. The summed E-state index contributed by atoms with van der Waals surface area (Å²) in [4.78, 5) is 69.6. The van der Waals surface area contributed by atoms with Crippen LogP contribution in [0.1, 0.15) is 153 Å². The predicted molar refractivity (Wildman–Crippen MR) is 374 cm³/mol. The highest BCUT2D eigenvalue weighted by Gasteiger charge is 2.51. The molecule has 3 amide bonds. The summed E-state index contributed by atoms with van der Waals surface area (Å²) in [7, 11) is -3.35. The Balaban J connectivity index is 0.813. The Bertz CT molecular complexity index is 3930. The van der Waals surface area contributed by atoms with Gasteiger partial charge in [-0.2, -0.15) is 9.97 Å². The van der Waals surface area contributed by atoms with Crippen molar-refractivity contribution in [3.05, 3.63) is 76.3 Å². The van der Waals surface area contributed by atoms with Gasteiger partial charge in [0.05, 0.1) is 59.6 Å². The predicted octanol–water partition coefficient (Wildman–Crippen LogP) is 12.4. The second kappa shape index (κ2) is 29.6. The minimum Gasteiger partial charge on any atom is -0.543 e. The molecule has 24 heteroatoms. The molecule has 0 radical (unpaired) electrons. The van der Waals surface area contributed by atoms with E-state index in [0.29, 0.717) is 76.1 Å². The van der Waals surface area contributed by atoms with Gasteiger partial charge >= 0.3 is 17.8 Å². The molecule has 10 rings (SSSR count). The molecule has 4 atom stereocenters. The van der Waals surface area contributed by atoms with E-state index in [1.54, 1.807) is 44.4 Å². The molecule has 3 aromatic carbocycles. The lowest BCUT2D eigenvalue weighted by atomic mass is 9.94. The summed E-state index contributed by atoms with van der Waals surface area (Å²) in [6, 6.07) is 11.3. The smallest absolute Gasteiger partial charge is 0.407 e. The molecule has 3 N–H and O–H groups in total. The molecule has 4 saturated heterocycles. The van der Waals surface area contributed by atoms with Crippen LogP contribution in [0.25, 0.3) is 44.0 Å². The Morgan fingerprint density at radius 3 is 2.19 bits per heavy atom. The van der Waals surface area contributed by atoms with Gasteiger partial charge < -0.3 is 43.4 Å². The van der Waals surface area contributed by atoms with Gasteiger partial charge in [0.15, 0.2) is 5.82 Å². The third-order valence-electron chi connectivity index (χ3n) is 21.1. The molecule has 0 spiro atoms. The van der Waals surface area contributed by atoms with Gasteiger partial charge in [0.1, 0.15) is 68.3 Å². The van der Waals surface area contributed by atoms with E-state index in [4.69, 9.17) is 43.1 Å². The number of aryl methyl sites for hydroxylation is 1. The fourth-order valence-corrected chi connectivity index (χ4v) is 26.9. The Hall–Kier alpha value is -7.02. The third-order valence-corrected chi connectivity index (χ3v) is 33.4. The van der Waals surface area contributed by atoms with Gasteiger partial charge in [-0.15, -0.1) is 5.54 Å². The molecular weight excluding hydrogens is 1260 g/mol. The van der Waals surface area contributed by atoms with Gasteiger partial charge in [-0.1, -0.05) is 95.1 Å². The van der Waals surface area contributed by atoms with Crippen LogP contribution in [0.15, 0.2) is 53.5 Å². The van der Waals surface area contributed by atoms with Crippen molar-refractivity contribution in [2.24, 2.45) is 7.05 Å². The summed E-state index contributed by atoms with van der Waals surface area (Å²) in [6.07, 6.45) is 5.94. The molecule has 4 fully saturated rings. The number of nitrogens with one attached hydrogen (secondary N) is 2. The summed E-state index contributed by atoms with van der Waals surface area (Å²) in [6.45, 7) is 31.9. The van der Waals surface area contributed by atoms with E-state index < -0.39 is 57.2 Å². The number of piperidine rings is 2. The number of nitrogens with zero attached hydrogens (tertiary/aromatic N) is 7. The minimum atomic E-state index is -2.58. The first-order chi connectivity index (χ1) is 45.6. The number of aromatic nitrogens is 5. The number of hydrogen-bond acceptors (Lipinski definition) is 16. The van der Waals surface area contributed by atoms with Gasteiger partial charge in [0.2, 0.25) is 11.8 Å². The Kier molecular flexibility index (Phi) is 22.1. The maximum absolute atomic E-state index is 18.5. The van der Waals surface area contributed by atoms with E-state index in [9.17, 15) is 24.3 Å². The number of pyridine rings is 1. The third kappa shape index (κ3) is 14.4. The number of carbonyl (C=O) groups excluding carboxylic acids is 3. The van der Waals surface area contributed by atoms with Gasteiger partial charge in [-0.05, 0) is 127 Å². The van der Waals surface area contributed by atoms with E-state index >= 15 is 8.78 Å². The van der Waals surface area contributed by atoms with Crippen LogP contribution in [0.5, 0.6) is 17.5 Å². The van der Waals surface area contributed by atoms with Crippen LogP contribution >= 0.6 is 0 Å². The zero-order valence-electron chi connectivity index (χ0n) is 58.6. The van der Waals surface area contributed by atoms with Gasteiger partial charge in [-0.25, -0.2) is 18.4 Å². The fourth-order valence-electron chi connectivity index (χ4n) is 16.5. The molecule has 96 heavy (non-hydrogen) atoms. The lowest BCUT2D eigenvalue weighted by molar-refractivity contribution is -0.135. The van der Waals surface area contributed by atoms with E-state index in [-0.39, 0.29) is 139 Å². The lowest BCUT2D eigenvalue weighted by Crippen LogP contribution is -2.50. The number of aliphatic hydroxyl groups is 1. The van der Waals surface area contributed by atoms with E-state index in [0.717, 1.165) is 32.2 Å². The van der Waals surface area contributed by atoms with Crippen molar-refractivity contribution in [3.63, 3.8) is 0 Å². The highest BCUT2D eigenvalue weighted by molar-refractivity contribution is 6.90. The molecule has 7 heterocycles. The monoisotopic (exact) mass is 1360 g/mol. The molecule has 4 aliphatic heterocycles. The minimum absolute atomic E-state index is 0.0219. The number of rotatable bonds is 26. The number of imide groups is 1. The van der Waals surface area contributed by atoms with Gasteiger partial charge in [-0.3, -0.25) is 33.9 Å². The SMILES string of the molecule is CC(C)[Si](C#Cc1c(F)ccc2cc(O[Si](C(C)C)(C(C)C)C(C)C)cc(-c3ncc4c(N5CCC[C@@](C)(O)C5)nc(OC[C@@]56CCCN5[C@H](COC(=O)NCCOCCOCCOc5ccc7c(c5)n(C)c(=O)n7C5CCC(=O)NC5=O)CC6)nc4c3F)c12)(C(C)C)C(C)C. The molecule has 520 valence electrons. The first-order valence-corrected chi connectivity index (χ1v) is 39.0. The number of benzene rings is 3. The summed E-state index contributed by atoms with van der Waals surface area (Å²) in [5.41, 5.74) is 5.11. The Morgan fingerprint density at radius 1 is 0.802 bits per heavy atom. The maximum atomic E-state index is 18.5. The number of carbonyl (C=O) groups is 3. The van der Waals surface area contributed by atoms with Crippen LogP contribution in [-0.2, 0) is 30.8 Å². The second-order valence-corrected chi connectivity index (χ2v) is 40.0. The van der Waals surface area contributed by atoms with Gasteiger partial charge in [0.25, 0.3) is 8.32 Å². The van der Waals surface area contributed by atoms with Crippen LogP contribution in [0, 0.1) is 23.1 Å². The van der Waals surface area contributed by atoms with Crippen molar-refractivity contribution in [3.8, 4) is 40.2 Å². The zero-order chi connectivity index (χ0) is 69.2. The van der Waals surface area contributed by atoms with Crippen molar-refractivity contribution < 1.29 is 56.4 Å². The molecule has 0 saturated carbocycles. The van der Waals surface area contributed by atoms with Crippen molar-refractivity contribution in [2.75, 3.05) is 77.3 Å².